The number of ether oxygens (including phenoxy) is 1. The Labute approximate surface area is 161 Å². The van der Waals surface area contributed by atoms with Crippen LogP contribution in [0.4, 0.5) is 11.4 Å². The van der Waals surface area contributed by atoms with Crippen molar-refractivity contribution in [3.05, 3.63) is 89.4 Å². The molecule has 136 valence electrons. The summed E-state index contributed by atoms with van der Waals surface area (Å²) in [5, 5.41) is 6.02. The van der Waals surface area contributed by atoms with Gasteiger partial charge in [-0.2, -0.15) is 0 Å². The molecule has 2 N–H and O–H groups in total. The van der Waals surface area contributed by atoms with Gasteiger partial charge in [-0.25, -0.2) is 0 Å². The maximum atomic E-state index is 12.4. The molecule has 0 atom stereocenters. The molecule has 3 aromatic rings. The number of amides is 2. The van der Waals surface area contributed by atoms with Gasteiger partial charge in [-0.05, 0) is 48.5 Å². The molecule has 0 aromatic heterocycles. The van der Waals surface area contributed by atoms with Crippen molar-refractivity contribution >= 4 is 34.8 Å². The number of benzene rings is 3. The van der Waals surface area contributed by atoms with Crippen molar-refractivity contribution in [1.82, 2.24) is 0 Å². The first kappa shape index (κ1) is 18.5. The normalized spacial score (nSPS) is 10.1. The Morgan fingerprint density at radius 2 is 1.52 bits per heavy atom. The van der Waals surface area contributed by atoms with E-state index in [2.05, 4.69) is 10.6 Å². The Morgan fingerprint density at radius 3 is 2.26 bits per heavy atom. The molecular formula is C21H17ClN2O3. The molecule has 0 bridgehead atoms. The molecule has 0 aliphatic rings. The van der Waals surface area contributed by atoms with Crippen LogP contribution in [-0.2, 0) is 4.79 Å². The van der Waals surface area contributed by atoms with Crippen molar-refractivity contribution < 1.29 is 14.3 Å². The van der Waals surface area contributed by atoms with Crippen molar-refractivity contribution in [3.63, 3.8) is 0 Å². The topological polar surface area (TPSA) is 67.4 Å². The van der Waals surface area contributed by atoms with Gasteiger partial charge >= 0.3 is 0 Å². The fourth-order valence-corrected chi connectivity index (χ4v) is 2.56. The van der Waals surface area contributed by atoms with Crippen LogP contribution < -0.4 is 15.4 Å². The lowest BCUT2D eigenvalue weighted by molar-refractivity contribution is -0.118. The van der Waals surface area contributed by atoms with E-state index in [-0.39, 0.29) is 18.4 Å². The fourth-order valence-electron chi connectivity index (χ4n) is 2.37. The van der Waals surface area contributed by atoms with E-state index < -0.39 is 0 Å². The summed E-state index contributed by atoms with van der Waals surface area (Å²) < 4.78 is 5.40. The van der Waals surface area contributed by atoms with Gasteiger partial charge in [0.1, 0.15) is 5.75 Å². The van der Waals surface area contributed by atoms with Gasteiger partial charge in [0.05, 0.1) is 0 Å². The largest absolute Gasteiger partial charge is 0.484 e. The molecule has 0 radical (unpaired) electrons. The van der Waals surface area contributed by atoms with Crippen LogP contribution in [0.2, 0.25) is 5.02 Å². The van der Waals surface area contributed by atoms with Crippen LogP contribution in [0, 0.1) is 0 Å². The number of hydrogen-bond donors (Lipinski definition) is 2. The summed E-state index contributed by atoms with van der Waals surface area (Å²) in [4.78, 5) is 24.4. The lowest BCUT2D eigenvalue weighted by Crippen LogP contribution is -2.20. The average molecular weight is 381 g/mol. The molecule has 0 heterocycles. The zero-order valence-corrected chi connectivity index (χ0v) is 15.1. The van der Waals surface area contributed by atoms with E-state index in [1.807, 2.05) is 18.2 Å². The molecule has 0 unspecified atom stereocenters. The van der Waals surface area contributed by atoms with Gasteiger partial charge in [-0.3, -0.25) is 9.59 Å². The van der Waals surface area contributed by atoms with E-state index >= 15 is 0 Å². The number of anilines is 2. The third-order valence-corrected chi connectivity index (χ3v) is 3.84. The smallest absolute Gasteiger partial charge is 0.262 e. The number of carbonyl (C=O) groups excluding carboxylic acids is 2. The van der Waals surface area contributed by atoms with Crippen molar-refractivity contribution in [2.24, 2.45) is 0 Å². The molecule has 0 aliphatic carbocycles. The Bertz CT molecular complexity index is 945. The maximum absolute atomic E-state index is 12.4. The molecule has 0 fully saturated rings. The minimum absolute atomic E-state index is 0.122. The van der Waals surface area contributed by atoms with Gasteiger partial charge in [0.15, 0.2) is 6.61 Å². The van der Waals surface area contributed by atoms with Crippen molar-refractivity contribution in [2.45, 2.75) is 0 Å². The number of para-hydroxylation sites is 1. The molecule has 3 rings (SSSR count). The molecule has 0 saturated heterocycles. The van der Waals surface area contributed by atoms with Gasteiger partial charge in [0.2, 0.25) is 0 Å². The van der Waals surface area contributed by atoms with E-state index in [4.69, 9.17) is 16.3 Å². The predicted molar refractivity (Wildman–Crippen MR) is 106 cm³/mol. The zero-order valence-electron chi connectivity index (χ0n) is 14.3. The van der Waals surface area contributed by atoms with Crippen molar-refractivity contribution in [2.75, 3.05) is 17.2 Å². The highest BCUT2D eigenvalue weighted by Crippen LogP contribution is 2.17. The van der Waals surface area contributed by atoms with Gasteiger partial charge in [0, 0.05) is 22.0 Å². The van der Waals surface area contributed by atoms with E-state index in [0.29, 0.717) is 27.7 Å². The highest BCUT2D eigenvalue weighted by Gasteiger charge is 2.09. The highest BCUT2D eigenvalue weighted by molar-refractivity contribution is 6.31. The first-order valence-electron chi connectivity index (χ1n) is 8.25. The number of rotatable bonds is 6. The second kappa shape index (κ2) is 8.87. The Morgan fingerprint density at radius 1 is 0.815 bits per heavy atom. The standard InChI is InChI=1S/C21H17ClN2O3/c22-16-7-5-9-18(13-16)24-21(26)15-6-4-8-17(12-15)23-20(25)14-27-19-10-2-1-3-11-19/h1-13H,14H2,(H,23,25)(H,24,26). The zero-order chi connectivity index (χ0) is 19.1. The number of nitrogens with one attached hydrogen (secondary N) is 2. The SMILES string of the molecule is O=C(COc1ccccc1)Nc1cccc(C(=O)Nc2cccc(Cl)c2)c1. The molecular weight excluding hydrogens is 364 g/mol. The van der Waals surface area contributed by atoms with E-state index in [0.717, 1.165) is 0 Å². The van der Waals surface area contributed by atoms with E-state index in [1.165, 1.54) is 0 Å². The van der Waals surface area contributed by atoms with Crippen molar-refractivity contribution in [1.29, 1.82) is 0 Å². The van der Waals surface area contributed by atoms with Crippen LogP contribution in [0.5, 0.6) is 5.75 Å². The summed E-state index contributed by atoms with van der Waals surface area (Å²) in [6.07, 6.45) is 0. The molecule has 3 aromatic carbocycles. The summed E-state index contributed by atoms with van der Waals surface area (Å²) >= 11 is 5.92. The molecule has 6 heteroatoms. The number of carbonyl (C=O) groups is 2. The molecule has 5 nitrogen and oxygen atoms in total. The summed E-state index contributed by atoms with van der Waals surface area (Å²) in [5.41, 5.74) is 1.52. The summed E-state index contributed by atoms with van der Waals surface area (Å²) in [7, 11) is 0. The number of halogens is 1. The summed E-state index contributed by atoms with van der Waals surface area (Å²) in [5.74, 6) is 0.00227. The number of hydrogen-bond acceptors (Lipinski definition) is 3. The molecule has 2 amide bonds. The molecule has 0 spiro atoms. The quantitative estimate of drug-likeness (QED) is 0.656. The second-order valence-electron chi connectivity index (χ2n) is 5.70. The van der Waals surface area contributed by atoms with Crippen molar-refractivity contribution in [3.8, 4) is 5.75 Å². The lowest BCUT2D eigenvalue weighted by atomic mass is 10.2. The van der Waals surface area contributed by atoms with Crippen LogP contribution >= 0.6 is 11.6 Å². The monoisotopic (exact) mass is 380 g/mol. The van der Waals surface area contributed by atoms with Gasteiger partial charge in [-0.15, -0.1) is 0 Å². The maximum Gasteiger partial charge on any atom is 0.262 e. The summed E-state index contributed by atoms with van der Waals surface area (Å²) in [6, 6.07) is 22.6. The predicted octanol–water partition coefficient (Wildman–Crippen LogP) is 4.61. The van der Waals surface area contributed by atoms with Crippen LogP contribution in [0.15, 0.2) is 78.9 Å². The Kier molecular flexibility index (Phi) is 6.07. The first-order valence-corrected chi connectivity index (χ1v) is 8.62. The van der Waals surface area contributed by atoms with Gasteiger partial charge < -0.3 is 15.4 Å². The second-order valence-corrected chi connectivity index (χ2v) is 6.13. The average Bonchev–Trinajstić information content (AvgIpc) is 2.67. The molecule has 0 saturated carbocycles. The minimum Gasteiger partial charge on any atom is -0.484 e. The fraction of sp³-hybridized carbons (Fsp3) is 0.0476. The van der Waals surface area contributed by atoms with Crippen LogP contribution in [0.25, 0.3) is 0 Å². The van der Waals surface area contributed by atoms with Crippen LogP contribution in [0.3, 0.4) is 0 Å². The molecule has 27 heavy (non-hydrogen) atoms. The van der Waals surface area contributed by atoms with Crippen LogP contribution in [-0.4, -0.2) is 18.4 Å². The minimum atomic E-state index is -0.314. The van der Waals surface area contributed by atoms with Gasteiger partial charge in [0.25, 0.3) is 11.8 Å². The lowest BCUT2D eigenvalue weighted by Gasteiger charge is -2.09. The third-order valence-electron chi connectivity index (χ3n) is 3.60. The third kappa shape index (κ3) is 5.59. The Hall–Kier alpha value is -3.31. The summed E-state index contributed by atoms with van der Waals surface area (Å²) in [6.45, 7) is -0.122. The Balaban J connectivity index is 1.59. The van der Waals surface area contributed by atoms with Crippen LogP contribution in [0.1, 0.15) is 10.4 Å². The van der Waals surface area contributed by atoms with Gasteiger partial charge in [-0.1, -0.05) is 41.9 Å². The molecule has 0 aliphatic heterocycles. The van der Waals surface area contributed by atoms with E-state index in [1.54, 1.807) is 60.7 Å². The first-order chi connectivity index (χ1) is 13.1. The highest BCUT2D eigenvalue weighted by atomic mass is 35.5. The van der Waals surface area contributed by atoms with E-state index in [9.17, 15) is 9.59 Å².